The summed E-state index contributed by atoms with van der Waals surface area (Å²) in [6.07, 6.45) is 5.31. The molecule has 2 aromatic carbocycles. The number of methoxy groups -OCH3 is 1. The Labute approximate surface area is 222 Å². The first-order chi connectivity index (χ1) is 17.7. The van der Waals surface area contributed by atoms with Crippen LogP contribution in [0, 0.1) is 11.3 Å². The van der Waals surface area contributed by atoms with Crippen LogP contribution in [-0.4, -0.2) is 44.3 Å². The third-order valence-corrected chi connectivity index (χ3v) is 7.00. The number of rotatable bonds is 12. The van der Waals surface area contributed by atoms with Crippen molar-refractivity contribution in [1.29, 1.82) is 0 Å². The lowest BCUT2D eigenvalue weighted by Crippen LogP contribution is -2.45. The van der Waals surface area contributed by atoms with Gasteiger partial charge in [-0.1, -0.05) is 48.5 Å². The first-order valence-electron chi connectivity index (χ1n) is 13.5. The zero-order valence-electron chi connectivity index (χ0n) is 22.9. The SMILES string of the molecule is COC(=O)C(Cc1ccccc1)Cc1ccccc1OCCCCC1(C(=O)OC(C)(C)C)CCNCC1. The van der Waals surface area contributed by atoms with E-state index in [2.05, 4.69) is 5.32 Å². The van der Waals surface area contributed by atoms with Crippen LogP contribution in [0.25, 0.3) is 0 Å². The lowest BCUT2D eigenvalue weighted by molar-refractivity contribution is -0.170. The highest BCUT2D eigenvalue weighted by atomic mass is 16.6. The summed E-state index contributed by atoms with van der Waals surface area (Å²) >= 11 is 0. The fourth-order valence-corrected chi connectivity index (χ4v) is 4.98. The summed E-state index contributed by atoms with van der Waals surface area (Å²) in [5.41, 5.74) is 1.21. The van der Waals surface area contributed by atoms with Crippen molar-refractivity contribution in [3.63, 3.8) is 0 Å². The van der Waals surface area contributed by atoms with Crippen molar-refractivity contribution >= 4 is 11.9 Å². The number of carbonyl (C=O) groups excluding carboxylic acids is 2. The minimum absolute atomic E-state index is 0.0694. The zero-order valence-corrected chi connectivity index (χ0v) is 22.9. The van der Waals surface area contributed by atoms with Gasteiger partial charge < -0.3 is 19.5 Å². The second-order valence-electron chi connectivity index (χ2n) is 11.1. The van der Waals surface area contributed by atoms with Crippen LogP contribution in [0.5, 0.6) is 5.75 Å². The van der Waals surface area contributed by atoms with Crippen LogP contribution in [0.4, 0.5) is 0 Å². The minimum atomic E-state index is -0.482. The van der Waals surface area contributed by atoms with Gasteiger partial charge in [0.1, 0.15) is 11.4 Å². The monoisotopic (exact) mass is 509 g/mol. The summed E-state index contributed by atoms with van der Waals surface area (Å²) in [5, 5.41) is 3.36. The van der Waals surface area contributed by atoms with Gasteiger partial charge in [-0.15, -0.1) is 0 Å². The number of hydrogen-bond acceptors (Lipinski definition) is 6. The fraction of sp³-hybridized carbons (Fsp3) is 0.548. The van der Waals surface area contributed by atoms with Gasteiger partial charge in [-0.3, -0.25) is 9.59 Å². The van der Waals surface area contributed by atoms with Crippen molar-refractivity contribution in [2.45, 2.75) is 71.3 Å². The van der Waals surface area contributed by atoms with Crippen LogP contribution in [0.2, 0.25) is 0 Å². The molecule has 1 aliphatic rings. The molecule has 0 radical (unpaired) electrons. The van der Waals surface area contributed by atoms with Crippen molar-refractivity contribution in [3.8, 4) is 5.75 Å². The van der Waals surface area contributed by atoms with Crippen molar-refractivity contribution in [1.82, 2.24) is 5.32 Å². The molecule has 6 heteroatoms. The van der Waals surface area contributed by atoms with Crippen LogP contribution < -0.4 is 10.1 Å². The molecule has 0 bridgehead atoms. The van der Waals surface area contributed by atoms with Crippen molar-refractivity contribution < 1.29 is 23.8 Å². The maximum Gasteiger partial charge on any atom is 0.312 e. The highest BCUT2D eigenvalue weighted by Gasteiger charge is 2.41. The number of hydrogen-bond donors (Lipinski definition) is 1. The third kappa shape index (κ3) is 8.89. The number of unbranched alkanes of at least 4 members (excludes halogenated alkanes) is 1. The molecule has 37 heavy (non-hydrogen) atoms. The van der Waals surface area contributed by atoms with E-state index in [0.29, 0.717) is 19.4 Å². The summed E-state index contributed by atoms with van der Waals surface area (Å²) in [7, 11) is 1.44. The van der Waals surface area contributed by atoms with E-state index in [-0.39, 0.29) is 17.9 Å². The average Bonchev–Trinajstić information content (AvgIpc) is 2.88. The molecule has 0 aliphatic carbocycles. The van der Waals surface area contributed by atoms with Gasteiger partial charge in [0.2, 0.25) is 0 Å². The van der Waals surface area contributed by atoms with Crippen LogP contribution >= 0.6 is 0 Å². The summed E-state index contributed by atoms with van der Waals surface area (Å²) in [5.74, 6) is 0.229. The van der Waals surface area contributed by atoms with Gasteiger partial charge >= 0.3 is 11.9 Å². The maximum absolute atomic E-state index is 13.1. The van der Waals surface area contributed by atoms with Gasteiger partial charge in [-0.25, -0.2) is 0 Å². The molecule has 6 nitrogen and oxygen atoms in total. The zero-order chi connectivity index (χ0) is 26.7. The minimum Gasteiger partial charge on any atom is -0.493 e. The van der Waals surface area contributed by atoms with Gasteiger partial charge in [0.25, 0.3) is 0 Å². The molecule has 0 amide bonds. The first-order valence-corrected chi connectivity index (χ1v) is 13.5. The molecule has 1 saturated heterocycles. The van der Waals surface area contributed by atoms with Crippen molar-refractivity contribution in [2.75, 3.05) is 26.8 Å². The number of ether oxygens (including phenoxy) is 3. The van der Waals surface area contributed by atoms with Crippen molar-refractivity contribution in [3.05, 3.63) is 65.7 Å². The third-order valence-electron chi connectivity index (χ3n) is 7.00. The molecular formula is C31H43NO5. The Kier molecular flexibility index (Phi) is 10.6. The number of esters is 2. The van der Waals surface area contributed by atoms with E-state index in [9.17, 15) is 9.59 Å². The Morgan fingerprint density at radius 3 is 2.30 bits per heavy atom. The normalized spacial score (nSPS) is 16.0. The van der Waals surface area contributed by atoms with E-state index in [1.165, 1.54) is 7.11 Å². The van der Waals surface area contributed by atoms with E-state index in [4.69, 9.17) is 14.2 Å². The molecule has 1 heterocycles. The summed E-state index contributed by atoms with van der Waals surface area (Å²) < 4.78 is 17.1. The molecule has 1 aliphatic heterocycles. The Morgan fingerprint density at radius 1 is 0.946 bits per heavy atom. The van der Waals surface area contributed by atoms with Crippen LogP contribution in [0.15, 0.2) is 54.6 Å². The van der Waals surface area contributed by atoms with E-state index in [1.54, 1.807) is 0 Å². The summed E-state index contributed by atoms with van der Waals surface area (Å²) in [6, 6.07) is 17.9. The molecule has 3 rings (SSSR count). The van der Waals surface area contributed by atoms with Crippen LogP contribution in [0.1, 0.15) is 64.0 Å². The highest BCUT2D eigenvalue weighted by molar-refractivity contribution is 5.77. The van der Waals surface area contributed by atoms with Crippen LogP contribution in [0.3, 0.4) is 0 Å². The lowest BCUT2D eigenvalue weighted by atomic mass is 9.75. The Bertz CT molecular complexity index is 992. The Morgan fingerprint density at radius 2 is 1.62 bits per heavy atom. The van der Waals surface area contributed by atoms with E-state index >= 15 is 0 Å². The van der Waals surface area contributed by atoms with E-state index in [0.717, 1.165) is 62.1 Å². The number of piperidine rings is 1. The Balaban J connectivity index is 1.57. The molecule has 0 saturated carbocycles. The summed E-state index contributed by atoms with van der Waals surface area (Å²) in [6.45, 7) is 8.02. The van der Waals surface area contributed by atoms with E-state index in [1.807, 2.05) is 75.4 Å². The average molecular weight is 510 g/mol. The molecule has 2 aromatic rings. The molecule has 1 fully saturated rings. The Hall–Kier alpha value is -2.86. The first kappa shape index (κ1) is 28.7. The second kappa shape index (κ2) is 13.6. The fourth-order valence-electron chi connectivity index (χ4n) is 4.98. The van der Waals surface area contributed by atoms with Crippen molar-refractivity contribution in [2.24, 2.45) is 11.3 Å². The lowest BCUT2D eigenvalue weighted by Gasteiger charge is -2.37. The van der Waals surface area contributed by atoms with E-state index < -0.39 is 11.0 Å². The second-order valence-corrected chi connectivity index (χ2v) is 11.1. The van der Waals surface area contributed by atoms with Crippen LogP contribution in [-0.2, 0) is 31.9 Å². The number of nitrogens with one attached hydrogen (secondary N) is 1. The quantitative estimate of drug-likeness (QED) is 0.300. The van der Waals surface area contributed by atoms with Gasteiger partial charge in [0.15, 0.2) is 0 Å². The topological polar surface area (TPSA) is 73.9 Å². The molecule has 1 N–H and O–H groups in total. The smallest absolute Gasteiger partial charge is 0.312 e. The number of carbonyl (C=O) groups is 2. The molecule has 202 valence electrons. The standard InChI is InChI=1S/C31H43NO5/c1-30(2,3)37-29(34)31(17-19-32-20-18-31)16-10-11-21-36-27-15-9-8-14-25(27)23-26(28(33)35-4)22-24-12-6-5-7-13-24/h5-9,12-15,26,32H,10-11,16-23H2,1-4H3. The molecule has 1 atom stereocenters. The molecule has 0 aromatic heterocycles. The number of para-hydroxylation sites is 1. The van der Waals surface area contributed by atoms with Gasteiger partial charge in [0, 0.05) is 0 Å². The van der Waals surface area contributed by atoms with Gasteiger partial charge in [0.05, 0.1) is 25.0 Å². The van der Waals surface area contributed by atoms with Gasteiger partial charge in [-0.2, -0.15) is 0 Å². The van der Waals surface area contributed by atoms with Gasteiger partial charge in [-0.05, 0) is 96.0 Å². The molecular weight excluding hydrogens is 466 g/mol. The predicted octanol–water partition coefficient (Wildman–Crippen LogP) is 5.52. The molecule has 1 unspecified atom stereocenters. The maximum atomic E-state index is 13.1. The molecule has 0 spiro atoms. The number of benzene rings is 2. The largest absolute Gasteiger partial charge is 0.493 e. The summed E-state index contributed by atoms with van der Waals surface area (Å²) in [4.78, 5) is 25.6. The highest BCUT2D eigenvalue weighted by Crippen LogP contribution is 2.37. The predicted molar refractivity (Wildman–Crippen MR) is 146 cm³/mol.